The topological polar surface area (TPSA) is 55.1 Å². The third kappa shape index (κ3) is 4.10. The highest BCUT2D eigenvalue weighted by Crippen LogP contribution is 2.23. The molecule has 2 atom stereocenters. The molecule has 0 aromatic carbocycles. The van der Waals surface area contributed by atoms with E-state index in [-0.39, 0.29) is 17.4 Å². The van der Waals surface area contributed by atoms with Crippen molar-refractivity contribution in [1.82, 2.24) is 5.32 Å². The summed E-state index contributed by atoms with van der Waals surface area (Å²) < 4.78 is 0. The molecule has 1 aromatic rings. The van der Waals surface area contributed by atoms with E-state index in [1.807, 2.05) is 31.4 Å². The summed E-state index contributed by atoms with van der Waals surface area (Å²) in [5.74, 6) is 0.463. The van der Waals surface area contributed by atoms with Gasteiger partial charge in [0, 0.05) is 17.0 Å². The Bertz CT molecular complexity index is 375. The van der Waals surface area contributed by atoms with E-state index >= 15 is 0 Å². The lowest BCUT2D eigenvalue weighted by molar-refractivity contribution is -0.124. The Hall–Kier alpha value is -0.870. The molecule has 0 fully saturated rings. The second-order valence-electron chi connectivity index (χ2n) is 5.59. The van der Waals surface area contributed by atoms with Crippen molar-refractivity contribution in [2.75, 3.05) is 6.54 Å². The van der Waals surface area contributed by atoms with Crippen molar-refractivity contribution in [3.63, 3.8) is 0 Å². The summed E-state index contributed by atoms with van der Waals surface area (Å²) in [4.78, 5) is 13.3. The Morgan fingerprint density at radius 1 is 1.50 bits per heavy atom. The summed E-state index contributed by atoms with van der Waals surface area (Å²) in [6, 6.07) is 3.97. The summed E-state index contributed by atoms with van der Waals surface area (Å²) in [5, 5.41) is 5.10. The number of nitrogens with two attached hydrogens (primary N) is 1. The van der Waals surface area contributed by atoms with Crippen LogP contribution in [0.1, 0.15) is 44.9 Å². The number of rotatable bonds is 6. The van der Waals surface area contributed by atoms with Crippen LogP contribution < -0.4 is 11.1 Å². The highest BCUT2D eigenvalue weighted by molar-refractivity contribution is 7.10. The summed E-state index contributed by atoms with van der Waals surface area (Å²) in [6.07, 6.45) is 0.895. The molecular formula is C14H24N2OS. The van der Waals surface area contributed by atoms with Crippen molar-refractivity contribution in [2.24, 2.45) is 11.7 Å². The first kappa shape index (κ1) is 15.2. The van der Waals surface area contributed by atoms with E-state index in [0.29, 0.717) is 12.5 Å². The summed E-state index contributed by atoms with van der Waals surface area (Å²) in [6.45, 7) is 8.71. The van der Waals surface area contributed by atoms with E-state index in [4.69, 9.17) is 5.73 Å². The van der Waals surface area contributed by atoms with Gasteiger partial charge in [-0.15, -0.1) is 11.3 Å². The molecule has 0 bridgehead atoms. The van der Waals surface area contributed by atoms with Crippen LogP contribution in [0.5, 0.6) is 0 Å². The molecule has 4 heteroatoms. The number of thiophene rings is 1. The van der Waals surface area contributed by atoms with Crippen molar-refractivity contribution in [2.45, 2.75) is 45.6 Å². The van der Waals surface area contributed by atoms with E-state index in [9.17, 15) is 4.79 Å². The fraction of sp³-hybridized carbons (Fsp3) is 0.643. The number of amides is 1. The highest BCUT2D eigenvalue weighted by Gasteiger charge is 2.28. The van der Waals surface area contributed by atoms with Gasteiger partial charge in [-0.3, -0.25) is 4.79 Å². The molecule has 0 saturated carbocycles. The molecule has 0 saturated heterocycles. The molecule has 0 aliphatic heterocycles. The Morgan fingerprint density at radius 2 is 2.17 bits per heavy atom. The molecule has 18 heavy (non-hydrogen) atoms. The maximum absolute atomic E-state index is 12.2. The third-order valence-corrected chi connectivity index (χ3v) is 4.15. The summed E-state index contributed by atoms with van der Waals surface area (Å²) in [7, 11) is 0. The number of carbonyl (C=O) groups excluding carboxylic acids is 1. The van der Waals surface area contributed by atoms with Crippen molar-refractivity contribution < 1.29 is 4.79 Å². The van der Waals surface area contributed by atoms with Crippen LogP contribution in [0, 0.1) is 5.92 Å². The van der Waals surface area contributed by atoms with Crippen molar-refractivity contribution >= 4 is 17.2 Å². The van der Waals surface area contributed by atoms with Crippen molar-refractivity contribution in [3.05, 3.63) is 22.4 Å². The number of hydrogen-bond acceptors (Lipinski definition) is 3. The van der Waals surface area contributed by atoms with Crippen molar-refractivity contribution in [3.8, 4) is 0 Å². The molecule has 1 amide bonds. The zero-order chi connectivity index (χ0) is 13.8. The average molecular weight is 268 g/mol. The molecule has 0 spiro atoms. The van der Waals surface area contributed by atoms with Crippen LogP contribution in [-0.4, -0.2) is 18.0 Å². The lowest BCUT2D eigenvalue weighted by atomic mass is 9.90. The van der Waals surface area contributed by atoms with Gasteiger partial charge >= 0.3 is 0 Å². The molecule has 102 valence electrons. The molecule has 1 aromatic heterocycles. The monoisotopic (exact) mass is 268 g/mol. The fourth-order valence-corrected chi connectivity index (χ4v) is 2.94. The lowest BCUT2D eigenvalue weighted by Crippen LogP contribution is -2.53. The Labute approximate surface area is 114 Å². The molecule has 3 N–H and O–H groups in total. The van der Waals surface area contributed by atoms with Crippen LogP contribution >= 0.6 is 11.3 Å². The molecule has 3 nitrogen and oxygen atoms in total. The van der Waals surface area contributed by atoms with E-state index in [1.165, 1.54) is 0 Å². The smallest absolute Gasteiger partial charge is 0.228 e. The fourth-order valence-electron chi connectivity index (χ4n) is 2.16. The second-order valence-corrected chi connectivity index (χ2v) is 6.57. The van der Waals surface area contributed by atoms with Crippen LogP contribution in [-0.2, 0) is 4.79 Å². The van der Waals surface area contributed by atoms with Crippen LogP contribution in [0.25, 0.3) is 0 Å². The Kier molecular flexibility index (Phi) is 5.35. The molecule has 0 radical (unpaired) electrons. The average Bonchev–Trinajstić information content (AvgIpc) is 2.80. The Morgan fingerprint density at radius 3 is 2.61 bits per heavy atom. The minimum absolute atomic E-state index is 0.0612. The molecule has 2 unspecified atom stereocenters. The van der Waals surface area contributed by atoms with Crippen LogP contribution in [0.4, 0.5) is 0 Å². The van der Waals surface area contributed by atoms with E-state index in [0.717, 1.165) is 11.3 Å². The van der Waals surface area contributed by atoms with Gasteiger partial charge in [0.25, 0.3) is 0 Å². The zero-order valence-electron chi connectivity index (χ0n) is 11.7. The van der Waals surface area contributed by atoms with Crippen LogP contribution in [0.2, 0.25) is 0 Å². The van der Waals surface area contributed by atoms with Gasteiger partial charge in [0.2, 0.25) is 5.91 Å². The normalized spacial score (nSPS) is 16.3. The predicted octanol–water partition coefficient (Wildman–Crippen LogP) is 2.73. The molecular weight excluding hydrogens is 244 g/mol. The van der Waals surface area contributed by atoms with E-state index < -0.39 is 0 Å². The minimum atomic E-state index is -0.309. The first-order chi connectivity index (χ1) is 8.38. The first-order valence-corrected chi connectivity index (χ1v) is 7.31. The zero-order valence-corrected chi connectivity index (χ0v) is 12.5. The van der Waals surface area contributed by atoms with Gasteiger partial charge < -0.3 is 11.1 Å². The third-order valence-electron chi connectivity index (χ3n) is 3.10. The first-order valence-electron chi connectivity index (χ1n) is 6.43. The van der Waals surface area contributed by atoms with Crippen molar-refractivity contribution in [1.29, 1.82) is 0 Å². The van der Waals surface area contributed by atoms with Gasteiger partial charge in [0.15, 0.2) is 0 Å². The van der Waals surface area contributed by atoms with Gasteiger partial charge in [-0.25, -0.2) is 0 Å². The molecule has 0 aliphatic carbocycles. The van der Waals surface area contributed by atoms with Gasteiger partial charge in [-0.1, -0.05) is 19.9 Å². The van der Waals surface area contributed by atoms with Gasteiger partial charge in [0.05, 0.1) is 5.92 Å². The standard InChI is InChI=1S/C14H24N2OS/c1-10(2)8-14(4,9-15)16-13(17)11(3)12-6-5-7-18-12/h5-7,10-11H,8-9,15H2,1-4H3,(H,16,17). The quantitative estimate of drug-likeness (QED) is 0.833. The number of nitrogens with one attached hydrogen (secondary N) is 1. The summed E-state index contributed by atoms with van der Waals surface area (Å²) >= 11 is 1.61. The number of hydrogen-bond donors (Lipinski definition) is 2. The van der Waals surface area contributed by atoms with Gasteiger partial charge in [-0.05, 0) is 37.6 Å². The van der Waals surface area contributed by atoms with Crippen LogP contribution in [0.3, 0.4) is 0 Å². The largest absolute Gasteiger partial charge is 0.349 e. The van der Waals surface area contributed by atoms with E-state index in [1.54, 1.807) is 11.3 Å². The molecule has 0 aliphatic rings. The van der Waals surface area contributed by atoms with Gasteiger partial charge in [-0.2, -0.15) is 0 Å². The number of carbonyl (C=O) groups is 1. The maximum atomic E-state index is 12.2. The summed E-state index contributed by atoms with van der Waals surface area (Å²) in [5.41, 5.74) is 5.50. The van der Waals surface area contributed by atoms with Crippen LogP contribution in [0.15, 0.2) is 17.5 Å². The molecule has 1 rings (SSSR count). The predicted molar refractivity (Wildman–Crippen MR) is 77.8 cm³/mol. The van der Waals surface area contributed by atoms with Gasteiger partial charge in [0.1, 0.15) is 0 Å². The van der Waals surface area contributed by atoms with E-state index in [2.05, 4.69) is 19.2 Å². The molecule has 1 heterocycles. The second kappa shape index (κ2) is 6.34. The Balaban J connectivity index is 2.67. The minimum Gasteiger partial charge on any atom is -0.349 e. The maximum Gasteiger partial charge on any atom is 0.228 e. The SMILES string of the molecule is CC(C)CC(C)(CN)NC(=O)C(C)c1cccs1. The highest BCUT2D eigenvalue weighted by atomic mass is 32.1. The lowest BCUT2D eigenvalue weighted by Gasteiger charge is -2.32.